The molecular formula is C19H26N6O. The molecule has 1 N–H and O–H groups in total. The standard InChI is InChI=1S/C19H26N6O/c1-23-14-20-18(22-23)15-6-8-16(9-7-15)21-19(26)25-12-4-5-17(25)13-24-10-2-3-11-24/h6-9,14,17H,2-5,10-13H2,1H3,(H,21,26). The van der Waals surface area contributed by atoms with Gasteiger partial charge in [-0.25, -0.2) is 9.78 Å². The highest BCUT2D eigenvalue weighted by molar-refractivity contribution is 5.90. The summed E-state index contributed by atoms with van der Waals surface area (Å²) in [5, 5.41) is 7.34. The van der Waals surface area contributed by atoms with Crippen molar-refractivity contribution in [2.75, 3.05) is 31.5 Å². The number of carbonyl (C=O) groups excluding carboxylic acids is 1. The van der Waals surface area contributed by atoms with Crippen molar-refractivity contribution >= 4 is 11.7 Å². The van der Waals surface area contributed by atoms with Crippen molar-refractivity contribution in [2.24, 2.45) is 7.05 Å². The van der Waals surface area contributed by atoms with Gasteiger partial charge in [0.2, 0.25) is 0 Å². The molecule has 0 saturated carbocycles. The van der Waals surface area contributed by atoms with Gasteiger partial charge in [0.25, 0.3) is 0 Å². The summed E-state index contributed by atoms with van der Waals surface area (Å²) in [6, 6.07) is 8.05. The third-order valence-corrected chi connectivity index (χ3v) is 5.30. The molecule has 0 spiro atoms. The van der Waals surface area contributed by atoms with Crippen LogP contribution < -0.4 is 5.32 Å². The molecule has 2 fully saturated rings. The Morgan fingerprint density at radius 2 is 1.92 bits per heavy atom. The Hall–Kier alpha value is -2.41. The number of nitrogens with one attached hydrogen (secondary N) is 1. The first kappa shape index (κ1) is 17.0. The van der Waals surface area contributed by atoms with Crippen molar-refractivity contribution in [1.29, 1.82) is 0 Å². The normalized spacial score (nSPS) is 20.7. The molecule has 0 bridgehead atoms. The first-order valence-electron chi connectivity index (χ1n) is 9.45. The van der Waals surface area contributed by atoms with Crippen LogP contribution in [-0.2, 0) is 7.05 Å². The van der Waals surface area contributed by atoms with Crippen LogP contribution >= 0.6 is 0 Å². The summed E-state index contributed by atoms with van der Waals surface area (Å²) < 4.78 is 1.68. The third-order valence-electron chi connectivity index (χ3n) is 5.30. The lowest BCUT2D eigenvalue weighted by atomic mass is 10.2. The lowest BCUT2D eigenvalue weighted by Crippen LogP contribution is -2.44. The van der Waals surface area contributed by atoms with Gasteiger partial charge in [-0.3, -0.25) is 4.68 Å². The van der Waals surface area contributed by atoms with Gasteiger partial charge in [0.15, 0.2) is 5.82 Å². The molecule has 1 aromatic carbocycles. The largest absolute Gasteiger partial charge is 0.322 e. The lowest BCUT2D eigenvalue weighted by molar-refractivity contribution is 0.186. The summed E-state index contributed by atoms with van der Waals surface area (Å²) in [4.78, 5) is 21.5. The molecule has 1 aromatic heterocycles. The zero-order valence-electron chi connectivity index (χ0n) is 15.3. The molecule has 2 aromatic rings. The molecule has 4 rings (SSSR count). The monoisotopic (exact) mass is 354 g/mol. The zero-order chi connectivity index (χ0) is 17.9. The van der Waals surface area contributed by atoms with Crippen LogP contribution in [0.3, 0.4) is 0 Å². The van der Waals surface area contributed by atoms with E-state index in [0.29, 0.717) is 11.9 Å². The maximum Gasteiger partial charge on any atom is 0.322 e. The van der Waals surface area contributed by atoms with Gasteiger partial charge in [-0.15, -0.1) is 0 Å². The fourth-order valence-electron chi connectivity index (χ4n) is 3.93. The number of likely N-dealkylation sites (tertiary alicyclic amines) is 2. The maximum absolute atomic E-state index is 12.7. The van der Waals surface area contributed by atoms with E-state index in [1.165, 1.54) is 25.9 Å². The van der Waals surface area contributed by atoms with Crippen molar-refractivity contribution in [2.45, 2.75) is 31.7 Å². The van der Waals surface area contributed by atoms with E-state index in [1.54, 1.807) is 11.0 Å². The minimum Gasteiger partial charge on any atom is -0.320 e. The second-order valence-electron chi connectivity index (χ2n) is 7.25. The highest BCUT2D eigenvalue weighted by Crippen LogP contribution is 2.22. The highest BCUT2D eigenvalue weighted by Gasteiger charge is 2.30. The summed E-state index contributed by atoms with van der Waals surface area (Å²) in [5.41, 5.74) is 1.75. The van der Waals surface area contributed by atoms with Gasteiger partial charge in [-0.1, -0.05) is 0 Å². The van der Waals surface area contributed by atoms with E-state index < -0.39 is 0 Å². The molecular weight excluding hydrogens is 328 g/mol. The Kier molecular flexibility index (Phi) is 4.88. The molecule has 2 aliphatic rings. The SMILES string of the molecule is Cn1cnc(-c2ccc(NC(=O)N3CCCC3CN3CCCC3)cc2)n1. The Bertz CT molecular complexity index is 750. The molecule has 3 heterocycles. The van der Waals surface area contributed by atoms with Gasteiger partial charge in [0.1, 0.15) is 6.33 Å². The molecule has 0 aliphatic carbocycles. The predicted molar refractivity (Wildman–Crippen MR) is 101 cm³/mol. The van der Waals surface area contributed by atoms with Crippen molar-refractivity contribution < 1.29 is 4.79 Å². The first-order chi connectivity index (χ1) is 12.7. The zero-order valence-corrected chi connectivity index (χ0v) is 15.3. The van der Waals surface area contributed by atoms with E-state index in [-0.39, 0.29) is 6.03 Å². The topological polar surface area (TPSA) is 66.3 Å². The Balaban J connectivity index is 1.37. The van der Waals surface area contributed by atoms with Crippen LogP contribution in [0.4, 0.5) is 10.5 Å². The minimum atomic E-state index is 0.00964. The number of hydrogen-bond acceptors (Lipinski definition) is 4. The van der Waals surface area contributed by atoms with Crippen LogP contribution in [0.15, 0.2) is 30.6 Å². The predicted octanol–water partition coefficient (Wildman–Crippen LogP) is 2.57. The van der Waals surface area contributed by atoms with E-state index >= 15 is 0 Å². The highest BCUT2D eigenvalue weighted by atomic mass is 16.2. The molecule has 26 heavy (non-hydrogen) atoms. The minimum absolute atomic E-state index is 0.00964. The molecule has 1 atom stereocenters. The molecule has 7 nitrogen and oxygen atoms in total. The van der Waals surface area contributed by atoms with Crippen LogP contribution in [-0.4, -0.2) is 62.8 Å². The number of benzene rings is 1. The molecule has 7 heteroatoms. The number of rotatable bonds is 4. The average molecular weight is 354 g/mol. The summed E-state index contributed by atoms with van der Waals surface area (Å²) >= 11 is 0. The van der Waals surface area contributed by atoms with E-state index in [4.69, 9.17) is 0 Å². The lowest BCUT2D eigenvalue weighted by Gasteiger charge is -2.28. The van der Waals surface area contributed by atoms with Gasteiger partial charge < -0.3 is 15.1 Å². The number of hydrogen-bond donors (Lipinski definition) is 1. The van der Waals surface area contributed by atoms with E-state index in [9.17, 15) is 4.79 Å². The molecule has 2 aliphatic heterocycles. The Labute approximate surface area is 154 Å². The number of aromatic nitrogens is 3. The fourth-order valence-corrected chi connectivity index (χ4v) is 3.93. The third kappa shape index (κ3) is 3.72. The number of anilines is 1. The van der Waals surface area contributed by atoms with Crippen LogP contribution in [0.2, 0.25) is 0 Å². The number of amides is 2. The van der Waals surface area contributed by atoms with Gasteiger partial charge in [-0.2, -0.15) is 5.10 Å². The molecule has 138 valence electrons. The molecule has 0 radical (unpaired) electrons. The van der Waals surface area contributed by atoms with Gasteiger partial charge in [0, 0.05) is 37.4 Å². The fraction of sp³-hybridized carbons (Fsp3) is 0.526. The second-order valence-corrected chi connectivity index (χ2v) is 7.25. The van der Waals surface area contributed by atoms with Gasteiger partial charge >= 0.3 is 6.03 Å². The summed E-state index contributed by atoms with van der Waals surface area (Å²) in [7, 11) is 1.85. The maximum atomic E-state index is 12.7. The Morgan fingerprint density at radius 1 is 1.15 bits per heavy atom. The van der Waals surface area contributed by atoms with E-state index in [1.807, 2.05) is 36.2 Å². The summed E-state index contributed by atoms with van der Waals surface area (Å²) in [6.07, 6.45) is 6.45. The van der Waals surface area contributed by atoms with Crippen molar-refractivity contribution in [1.82, 2.24) is 24.6 Å². The van der Waals surface area contributed by atoms with Gasteiger partial charge in [0.05, 0.1) is 0 Å². The van der Waals surface area contributed by atoms with E-state index in [0.717, 1.165) is 37.2 Å². The van der Waals surface area contributed by atoms with Crippen LogP contribution in [0.25, 0.3) is 11.4 Å². The number of urea groups is 1. The van der Waals surface area contributed by atoms with Crippen molar-refractivity contribution in [3.63, 3.8) is 0 Å². The average Bonchev–Trinajstić information content (AvgIpc) is 3.38. The second kappa shape index (κ2) is 7.45. The number of carbonyl (C=O) groups is 1. The summed E-state index contributed by atoms with van der Waals surface area (Å²) in [6.45, 7) is 4.21. The summed E-state index contributed by atoms with van der Waals surface area (Å²) in [5.74, 6) is 0.690. The van der Waals surface area contributed by atoms with E-state index in [2.05, 4.69) is 20.3 Å². The Morgan fingerprint density at radius 3 is 2.62 bits per heavy atom. The van der Waals surface area contributed by atoms with Crippen molar-refractivity contribution in [3.8, 4) is 11.4 Å². The van der Waals surface area contributed by atoms with Crippen LogP contribution in [0.1, 0.15) is 25.7 Å². The first-order valence-corrected chi connectivity index (χ1v) is 9.45. The molecule has 2 amide bonds. The molecule has 2 saturated heterocycles. The number of aryl methyl sites for hydroxylation is 1. The molecule has 1 unspecified atom stereocenters. The van der Waals surface area contributed by atoms with Gasteiger partial charge in [-0.05, 0) is 63.0 Å². The quantitative estimate of drug-likeness (QED) is 0.916. The van der Waals surface area contributed by atoms with Crippen LogP contribution in [0, 0.1) is 0 Å². The van der Waals surface area contributed by atoms with Crippen LogP contribution in [0.5, 0.6) is 0 Å². The van der Waals surface area contributed by atoms with Crippen molar-refractivity contribution in [3.05, 3.63) is 30.6 Å². The number of nitrogens with zero attached hydrogens (tertiary/aromatic N) is 5. The smallest absolute Gasteiger partial charge is 0.320 e.